The Morgan fingerprint density at radius 1 is 1.12 bits per heavy atom. The van der Waals surface area contributed by atoms with E-state index in [2.05, 4.69) is 37.9 Å². The molecule has 1 aliphatic carbocycles. The normalized spacial score (nSPS) is 19.6. The molecule has 1 fully saturated rings. The SMILES string of the molecule is CCCNC(CCC)C(CC)N(CC)C1CC1. The minimum absolute atomic E-state index is 0.700. The van der Waals surface area contributed by atoms with E-state index < -0.39 is 0 Å². The highest BCUT2D eigenvalue weighted by Crippen LogP contribution is 2.30. The summed E-state index contributed by atoms with van der Waals surface area (Å²) in [6.07, 6.45) is 7.99. The van der Waals surface area contributed by atoms with Gasteiger partial charge in [-0.2, -0.15) is 0 Å². The molecule has 0 spiro atoms. The second-order valence-corrected chi connectivity index (χ2v) is 5.39. The minimum atomic E-state index is 0.700. The highest BCUT2D eigenvalue weighted by atomic mass is 15.2. The van der Waals surface area contributed by atoms with Gasteiger partial charge in [-0.1, -0.05) is 34.1 Å². The van der Waals surface area contributed by atoms with Gasteiger partial charge in [0.1, 0.15) is 0 Å². The zero-order valence-electron chi connectivity index (χ0n) is 12.3. The zero-order chi connectivity index (χ0) is 12.7. The lowest BCUT2D eigenvalue weighted by molar-refractivity contribution is 0.144. The van der Waals surface area contributed by atoms with Crippen molar-refractivity contribution < 1.29 is 0 Å². The summed E-state index contributed by atoms with van der Waals surface area (Å²) in [6.45, 7) is 11.6. The predicted octanol–water partition coefficient (Wildman–Crippen LogP) is 3.42. The molecule has 2 heteroatoms. The molecular weight excluding hydrogens is 208 g/mol. The van der Waals surface area contributed by atoms with Gasteiger partial charge in [0, 0.05) is 18.1 Å². The summed E-state index contributed by atoms with van der Waals surface area (Å²) >= 11 is 0. The lowest BCUT2D eigenvalue weighted by atomic mass is 9.98. The third kappa shape index (κ3) is 4.59. The van der Waals surface area contributed by atoms with Crippen molar-refractivity contribution in [3.05, 3.63) is 0 Å². The summed E-state index contributed by atoms with van der Waals surface area (Å²) < 4.78 is 0. The van der Waals surface area contributed by atoms with Crippen molar-refractivity contribution in [2.75, 3.05) is 13.1 Å². The quantitative estimate of drug-likeness (QED) is 0.629. The first-order valence-electron chi connectivity index (χ1n) is 7.77. The van der Waals surface area contributed by atoms with Gasteiger partial charge in [-0.05, 0) is 45.2 Å². The van der Waals surface area contributed by atoms with Crippen molar-refractivity contribution >= 4 is 0 Å². The molecule has 2 unspecified atom stereocenters. The Morgan fingerprint density at radius 3 is 2.24 bits per heavy atom. The van der Waals surface area contributed by atoms with Gasteiger partial charge in [0.2, 0.25) is 0 Å². The lowest BCUT2D eigenvalue weighted by Gasteiger charge is -2.37. The summed E-state index contributed by atoms with van der Waals surface area (Å²) in [4.78, 5) is 2.75. The van der Waals surface area contributed by atoms with Gasteiger partial charge in [-0.25, -0.2) is 0 Å². The van der Waals surface area contributed by atoms with Crippen LogP contribution in [-0.4, -0.2) is 36.1 Å². The number of hydrogen-bond donors (Lipinski definition) is 1. The number of likely N-dealkylation sites (N-methyl/N-ethyl adjacent to an activating group) is 1. The van der Waals surface area contributed by atoms with E-state index in [-0.39, 0.29) is 0 Å². The first-order chi connectivity index (χ1) is 8.28. The molecule has 0 aromatic rings. The van der Waals surface area contributed by atoms with Crippen LogP contribution in [-0.2, 0) is 0 Å². The summed E-state index contributed by atoms with van der Waals surface area (Å²) in [5.74, 6) is 0. The van der Waals surface area contributed by atoms with Gasteiger partial charge in [-0.15, -0.1) is 0 Å². The molecule has 2 nitrogen and oxygen atoms in total. The zero-order valence-corrected chi connectivity index (χ0v) is 12.3. The molecule has 1 aliphatic rings. The van der Waals surface area contributed by atoms with E-state index in [0.29, 0.717) is 6.04 Å². The van der Waals surface area contributed by atoms with Crippen LogP contribution < -0.4 is 5.32 Å². The maximum Gasteiger partial charge on any atom is 0.0249 e. The number of nitrogens with one attached hydrogen (secondary N) is 1. The van der Waals surface area contributed by atoms with Crippen LogP contribution in [0.3, 0.4) is 0 Å². The van der Waals surface area contributed by atoms with Crippen LogP contribution in [0.5, 0.6) is 0 Å². The molecule has 0 amide bonds. The second-order valence-electron chi connectivity index (χ2n) is 5.39. The maximum atomic E-state index is 3.78. The van der Waals surface area contributed by atoms with E-state index in [1.165, 1.54) is 51.6 Å². The molecule has 0 radical (unpaired) electrons. The summed E-state index contributed by atoms with van der Waals surface area (Å²) in [5, 5.41) is 3.78. The van der Waals surface area contributed by atoms with E-state index in [9.17, 15) is 0 Å². The molecule has 17 heavy (non-hydrogen) atoms. The maximum absolute atomic E-state index is 3.78. The van der Waals surface area contributed by atoms with Crippen molar-refractivity contribution in [1.82, 2.24) is 10.2 Å². The Hall–Kier alpha value is -0.0800. The molecule has 0 aromatic carbocycles. The topological polar surface area (TPSA) is 15.3 Å². The van der Waals surface area contributed by atoms with Crippen LogP contribution in [0.2, 0.25) is 0 Å². The molecule has 2 atom stereocenters. The molecule has 0 heterocycles. The fourth-order valence-corrected chi connectivity index (χ4v) is 2.99. The highest BCUT2D eigenvalue weighted by Gasteiger charge is 2.35. The Kier molecular flexibility index (Phi) is 7.14. The van der Waals surface area contributed by atoms with Crippen LogP contribution in [0, 0.1) is 0 Å². The average Bonchev–Trinajstić information content (AvgIpc) is 3.16. The van der Waals surface area contributed by atoms with Crippen LogP contribution >= 0.6 is 0 Å². The predicted molar refractivity (Wildman–Crippen MR) is 76.5 cm³/mol. The third-order valence-corrected chi connectivity index (χ3v) is 3.95. The minimum Gasteiger partial charge on any atom is -0.312 e. The van der Waals surface area contributed by atoms with Crippen LogP contribution in [0.4, 0.5) is 0 Å². The van der Waals surface area contributed by atoms with Gasteiger partial charge >= 0.3 is 0 Å². The smallest absolute Gasteiger partial charge is 0.0249 e. The van der Waals surface area contributed by atoms with Gasteiger partial charge in [0.25, 0.3) is 0 Å². The van der Waals surface area contributed by atoms with Gasteiger partial charge < -0.3 is 5.32 Å². The first-order valence-corrected chi connectivity index (χ1v) is 7.77. The van der Waals surface area contributed by atoms with Crippen LogP contribution in [0.1, 0.15) is 66.2 Å². The molecule has 1 N–H and O–H groups in total. The summed E-state index contributed by atoms with van der Waals surface area (Å²) in [5.41, 5.74) is 0. The van der Waals surface area contributed by atoms with Crippen molar-refractivity contribution in [3.8, 4) is 0 Å². The Balaban J connectivity index is 2.57. The molecule has 0 aliphatic heterocycles. The number of hydrogen-bond acceptors (Lipinski definition) is 2. The van der Waals surface area contributed by atoms with E-state index in [1.54, 1.807) is 0 Å². The summed E-state index contributed by atoms with van der Waals surface area (Å²) in [7, 11) is 0. The van der Waals surface area contributed by atoms with E-state index in [0.717, 1.165) is 12.1 Å². The Morgan fingerprint density at radius 2 is 1.82 bits per heavy atom. The molecule has 1 saturated carbocycles. The third-order valence-electron chi connectivity index (χ3n) is 3.95. The van der Waals surface area contributed by atoms with E-state index >= 15 is 0 Å². The van der Waals surface area contributed by atoms with Crippen molar-refractivity contribution in [1.29, 1.82) is 0 Å². The fraction of sp³-hybridized carbons (Fsp3) is 1.00. The van der Waals surface area contributed by atoms with E-state index in [1.807, 2.05) is 0 Å². The first kappa shape index (κ1) is 15.0. The highest BCUT2D eigenvalue weighted by molar-refractivity contribution is 4.92. The molecule has 0 aromatic heterocycles. The Labute approximate surface area is 108 Å². The van der Waals surface area contributed by atoms with Gasteiger partial charge in [-0.3, -0.25) is 4.90 Å². The van der Waals surface area contributed by atoms with Gasteiger partial charge in [0.15, 0.2) is 0 Å². The van der Waals surface area contributed by atoms with Crippen molar-refractivity contribution in [2.24, 2.45) is 0 Å². The fourth-order valence-electron chi connectivity index (χ4n) is 2.99. The van der Waals surface area contributed by atoms with Gasteiger partial charge in [0.05, 0.1) is 0 Å². The molecular formula is C15H32N2. The molecule has 0 saturated heterocycles. The molecule has 0 bridgehead atoms. The largest absolute Gasteiger partial charge is 0.312 e. The number of nitrogens with zero attached hydrogens (tertiary/aromatic N) is 1. The lowest BCUT2D eigenvalue weighted by Crippen LogP contribution is -2.50. The van der Waals surface area contributed by atoms with E-state index in [4.69, 9.17) is 0 Å². The van der Waals surface area contributed by atoms with Crippen molar-refractivity contribution in [2.45, 2.75) is 84.3 Å². The van der Waals surface area contributed by atoms with Crippen molar-refractivity contribution in [3.63, 3.8) is 0 Å². The Bertz CT molecular complexity index is 189. The second kappa shape index (κ2) is 8.10. The number of rotatable bonds is 10. The van der Waals surface area contributed by atoms with Crippen LogP contribution in [0.15, 0.2) is 0 Å². The standard InChI is InChI=1S/C15H32N2/c1-5-9-14(16-12-6-2)15(7-3)17(8-4)13-10-11-13/h13-16H,5-12H2,1-4H3. The monoisotopic (exact) mass is 240 g/mol. The molecule has 1 rings (SSSR count). The molecule has 102 valence electrons. The van der Waals surface area contributed by atoms with Crippen LogP contribution in [0.25, 0.3) is 0 Å². The summed E-state index contributed by atoms with van der Waals surface area (Å²) in [6, 6.07) is 2.34. The average molecular weight is 240 g/mol.